The molecule has 1 aromatic carbocycles. The Morgan fingerprint density at radius 1 is 1.21 bits per heavy atom. The summed E-state index contributed by atoms with van der Waals surface area (Å²) in [6.45, 7) is 0. The number of tetrazole rings is 1. The second-order valence-electron chi connectivity index (χ2n) is 8.46. The van der Waals surface area contributed by atoms with Crippen LogP contribution in [0.15, 0.2) is 71.3 Å². The van der Waals surface area contributed by atoms with Gasteiger partial charge in [-0.15, -0.1) is 16.9 Å². The lowest BCUT2D eigenvalue weighted by molar-refractivity contribution is -0.151. The van der Waals surface area contributed by atoms with Crippen LogP contribution in [0.25, 0.3) is 0 Å². The number of carboxylic acids is 1. The molecule has 0 aliphatic carbocycles. The van der Waals surface area contributed by atoms with Crippen molar-refractivity contribution in [2.45, 2.75) is 22.7 Å². The Kier molecular flexibility index (Phi) is 7.60. The molecule has 0 radical (unpaired) electrons. The fourth-order valence-corrected chi connectivity index (χ4v) is 6.42. The van der Waals surface area contributed by atoms with E-state index in [1.807, 2.05) is 0 Å². The molecule has 1 fully saturated rings. The molecular weight excluding hydrogens is 546 g/mol. The average Bonchev–Trinajstić information content (AvgIpc) is 3.37. The minimum Gasteiger partial charge on any atom is -0.477 e. The summed E-state index contributed by atoms with van der Waals surface area (Å²) < 4.78 is 7.01. The third-order valence-corrected chi connectivity index (χ3v) is 8.42. The molecular formula is C24H21N7O6S2. The first-order valence-corrected chi connectivity index (χ1v) is 13.6. The van der Waals surface area contributed by atoms with Gasteiger partial charge in [0.15, 0.2) is 0 Å². The van der Waals surface area contributed by atoms with Crippen LogP contribution in [0.1, 0.15) is 22.0 Å². The molecule has 5 rings (SSSR count). The zero-order valence-electron chi connectivity index (χ0n) is 20.3. The van der Waals surface area contributed by atoms with Crippen LogP contribution >= 0.6 is 23.5 Å². The minimum atomic E-state index is -1.33. The molecule has 3 atom stereocenters. The van der Waals surface area contributed by atoms with Gasteiger partial charge in [-0.3, -0.25) is 19.5 Å². The number of amides is 2. The number of pyridine rings is 1. The summed E-state index contributed by atoms with van der Waals surface area (Å²) >= 11 is 2.60. The molecule has 4 heterocycles. The van der Waals surface area contributed by atoms with E-state index in [1.54, 1.807) is 37.4 Å². The number of carboxylic acid groups (broad SMARTS) is 1. The highest BCUT2D eigenvalue weighted by Gasteiger charge is 2.54. The van der Waals surface area contributed by atoms with E-state index in [0.29, 0.717) is 22.0 Å². The highest BCUT2D eigenvalue weighted by molar-refractivity contribution is 8.01. The first-order valence-electron chi connectivity index (χ1n) is 11.6. The van der Waals surface area contributed by atoms with Gasteiger partial charge < -0.3 is 15.2 Å². The van der Waals surface area contributed by atoms with Crippen molar-refractivity contribution in [1.82, 2.24) is 35.4 Å². The predicted molar refractivity (Wildman–Crippen MR) is 138 cm³/mol. The number of carbonyl (C=O) groups is 4. The highest BCUT2D eigenvalue weighted by Crippen LogP contribution is 2.41. The molecule has 2 amide bonds. The van der Waals surface area contributed by atoms with Gasteiger partial charge in [0.25, 0.3) is 11.8 Å². The van der Waals surface area contributed by atoms with Gasteiger partial charge in [-0.25, -0.2) is 14.3 Å². The molecule has 2 aliphatic rings. The van der Waals surface area contributed by atoms with Gasteiger partial charge in [0.2, 0.25) is 11.3 Å². The molecule has 2 unspecified atom stereocenters. The van der Waals surface area contributed by atoms with Crippen LogP contribution < -0.4 is 5.32 Å². The summed E-state index contributed by atoms with van der Waals surface area (Å²) in [6, 6.07) is 10.4. The number of ether oxygens (including phenoxy) is 1. The fourth-order valence-electron chi connectivity index (χ4n) is 4.08. The Labute approximate surface area is 230 Å². The lowest BCUT2D eigenvalue weighted by Gasteiger charge is -2.49. The lowest BCUT2D eigenvalue weighted by Crippen LogP contribution is -2.71. The number of hydrogen-bond acceptors (Lipinski definition) is 11. The molecule has 13 nitrogen and oxygen atoms in total. The fraction of sp³-hybridized carbons (Fsp3) is 0.250. The molecule has 2 aromatic heterocycles. The number of nitrogens with one attached hydrogen (secondary N) is 1. The van der Waals surface area contributed by atoms with Gasteiger partial charge in [0.1, 0.15) is 17.1 Å². The SMILES string of the molecule is Cn1nnnc1SCC1=C(C(=O)O)N2C(=O)C(NC(=O)C(OC(=O)c3ccncc3)c3ccccc3)[C@@H]2SC1. The summed E-state index contributed by atoms with van der Waals surface area (Å²) in [5.74, 6) is -2.62. The lowest BCUT2D eigenvalue weighted by atomic mass is 10.0. The molecule has 15 heteroatoms. The zero-order valence-corrected chi connectivity index (χ0v) is 22.0. The van der Waals surface area contributed by atoms with E-state index in [9.17, 15) is 24.3 Å². The van der Waals surface area contributed by atoms with Gasteiger partial charge in [0.05, 0.1) is 5.56 Å². The maximum Gasteiger partial charge on any atom is 0.352 e. The van der Waals surface area contributed by atoms with Crippen molar-refractivity contribution < 1.29 is 29.0 Å². The van der Waals surface area contributed by atoms with Crippen LogP contribution in [0, 0.1) is 0 Å². The standard InChI is InChI=1S/C24H21N7O6S2/c1-30-24(27-28-29-30)39-12-15-11-38-21-16(20(33)31(21)17(15)22(34)35)26-19(32)18(13-5-3-2-4-6-13)37-23(36)14-7-9-25-10-8-14/h2-10,16,18,21H,11-12H2,1H3,(H,26,32)(H,34,35)/t16?,18?,21-/m0/s1. The summed E-state index contributed by atoms with van der Waals surface area (Å²) in [4.78, 5) is 56.4. The van der Waals surface area contributed by atoms with Crippen LogP contribution in [0.4, 0.5) is 0 Å². The maximum absolute atomic E-state index is 13.3. The molecule has 0 bridgehead atoms. The first kappa shape index (κ1) is 26.4. The molecule has 2 N–H and O–H groups in total. The van der Waals surface area contributed by atoms with Crippen LogP contribution in [0.3, 0.4) is 0 Å². The summed E-state index contributed by atoms with van der Waals surface area (Å²) in [5.41, 5.74) is 1.07. The smallest absolute Gasteiger partial charge is 0.352 e. The predicted octanol–water partition coefficient (Wildman–Crippen LogP) is 1.03. The Balaban J connectivity index is 1.32. The number of benzene rings is 1. The van der Waals surface area contributed by atoms with Crippen molar-refractivity contribution >= 4 is 47.3 Å². The second-order valence-corrected chi connectivity index (χ2v) is 10.5. The van der Waals surface area contributed by atoms with Crippen LogP contribution in [-0.4, -0.2) is 81.9 Å². The number of carbonyl (C=O) groups excluding carboxylic acids is 3. The number of β-lactam (4-membered cyclic amide) rings is 1. The highest BCUT2D eigenvalue weighted by atomic mass is 32.2. The first-order chi connectivity index (χ1) is 18.8. The van der Waals surface area contributed by atoms with Crippen molar-refractivity contribution in [1.29, 1.82) is 0 Å². The molecule has 0 saturated carbocycles. The van der Waals surface area contributed by atoms with Crippen molar-refractivity contribution in [2.75, 3.05) is 11.5 Å². The van der Waals surface area contributed by atoms with E-state index in [1.165, 1.54) is 57.6 Å². The van der Waals surface area contributed by atoms with Gasteiger partial charge >= 0.3 is 11.9 Å². The normalized spacial score (nSPS) is 19.1. The van der Waals surface area contributed by atoms with E-state index >= 15 is 0 Å². The van der Waals surface area contributed by atoms with E-state index in [2.05, 4.69) is 25.8 Å². The molecule has 200 valence electrons. The number of aryl methyl sites for hydroxylation is 1. The largest absolute Gasteiger partial charge is 0.477 e. The third kappa shape index (κ3) is 5.35. The van der Waals surface area contributed by atoms with E-state index in [-0.39, 0.29) is 17.0 Å². The van der Waals surface area contributed by atoms with E-state index in [4.69, 9.17) is 4.74 Å². The number of hydrogen-bond donors (Lipinski definition) is 2. The maximum atomic E-state index is 13.3. The van der Waals surface area contributed by atoms with Crippen molar-refractivity contribution in [3.05, 3.63) is 77.3 Å². The summed E-state index contributed by atoms with van der Waals surface area (Å²) in [6.07, 6.45) is 1.53. The Morgan fingerprint density at radius 3 is 2.62 bits per heavy atom. The minimum absolute atomic E-state index is 0.111. The monoisotopic (exact) mass is 567 g/mol. The van der Waals surface area contributed by atoms with E-state index < -0.39 is 41.3 Å². The second kappa shape index (κ2) is 11.2. The number of aliphatic carboxylic acids is 1. The van der Waals surface area contributed by atoms with Gasteiger partial charge in [0, 0.05) is 36.5 Å². The van der Waals surface area contributed by atoms with E-state index in [0.717, 1.165) is 0 Å². The number of esters is 1. The molecule has 39 heavy (non-hydrogen) atoms. The Hall–Kier alpha value is -4.24. The van der Waals surface area contributed by atoms with Gasteiger partial charge in [-0.1, -0.05) is 42.1 Å². The number of aromatic nitrogens is 5. The number of nitrogens with zero attached hydrogens (tertiary/aromatic N) is 6. The van der Waals surface area contributed by atoms with Crippen LogP contribution in [0.5, 0.6) is 0 Å². The number of rotatable bonds is 9. The zero-order chi connectivity index (χ0) is 27.5. The molecule has 1 saturated heterocycles. The quantitative estimate of drug-likeness (QED) is 0.214. The summed E-state index contributed by atoms with van der Waals surface area (Å²) in [7, 11) is 1.67. The van der Waals surface area contributed by atoms with Crippen molar-refractivity contribution in [2.24, 2.45) is 7.05 Å². The average molecular weight is 568 g/mol. The molecule has 3 aromatic rings. The van der Waals surface area contributed by atoms with Crippen molar-refractivity contribution in [3.63, 3.8) is 0 Å². The summed E-state index contributed by atoms with van der Waals surface area (Å²) in [5, 5.41) is 23.7. The van der Waals surface area contributed by atoms with Gasteiger partial charge in [-0.2, -0.15) is 0 Å². The van der Waals surface area contributed by atoms with Crippen LogP contribution in [-0.2, 0) is 26.2 Å². The Morgan fingerprint density at radius 2 is 1.95 bits per heavy atom. The topological polar surface area (TPSA) is 170 Å². The molecule has 2 aliphatic heterocycles. The van der Waals surface area contributed by atoms with Crippen molar-refractivity contribution in [3.8, 4) is 0 Å². The third-order valence-electron chi connectivity index (χ3n) is 5.99. The molecule has 0 spiro atoms. The number of fused-ring (bicyclic) bond motifs is 1. The number of thioether (sulfide) groups is 2. The Bertz CT molecular complexity index is 1450. The van der Waals surface area contributed by atoms with Gasteiger partial charge in [-0.05, 0) is 28.1 Å². The van der Waals surface area contributed by atoms with Crippen LogP contribution in [0.2, 0.25) is 0 Å².